The van der Waals surface area contributed by atoms with Crippen molar-refractivity contribution in [3.8, 4) is 10.7 Å². The normalized spacial score (nSPS) is 14.5. The second kappa shape index (κ2) is 8.25. The van der Waals surface area contributed by atoms with Gasteiger partial charge in [-0.05, 0) is 51.8 Å². The van der Waals surface area contributed by atoms with Gasteiger partial charge in [0.25, 0.3) is 5.91 Å². The second-order valence-electron chi connectivity index (χ2n) is 7.81. The predicted octanol–water partition coefficient (Wildman–Crippen LogP) is 3.38. The minimum absolute atomic E-state index is 0.00735. The van der Waals surface area contributed by atoms with Crippen LogP contribution in [-0.2, 0) is 23.6 Å². The lowest BCUT2D eigenvalue weighted by atomic mass is 10.3. The molecule has 0 bridgehead atoms. The number of rotatable bonds is 6. The zero-order valence-electron chi connectivity index (χ0n) is 18.1. The van der Waals surface area contributed by atoms with Gasteiger partial charge in [-0.1, -0.05) is 0 Å². The summed E-state index contributed by atoms with van der Waals surface area (Å²) in [5.74, 6) is 1.29. The van der Waals surface area contributed by atoms with Gasteiger partial charge < -0.3 is 13.9 Å². The van der Waals surface area contributed by atoms with Crippen LogP contribution >= 0.6 is 11.3 Å². The third-order valence-electron chi connectivity index (χ3n) is 5.61. The summed E-state index contributed by atoms with van der Waals surface area (Å²) in [4.78, 5) is 20.1. The molecule has 0 aliphatic carbocycles. The summed E-state index contributed by atoms with van der Waals surface area (Å²) < 4.78 is 35.7. The van der Waals surface area contributed by atoms with Crippen molar-refractivity contribution in [2.24, 2.45) is 7.05 Å². The molecule has 4 heterocycles. The Bertz CT molecular complexity index is 1230. The summed E-state index contributed by atoms with van der Waals surface area (Å²) in [6.07, 6.45) is 2.05. The Morgan fingerprint density at radius 1 is 1.23 bits per heavy atom. The Balaban J connectivity index is 1.61. The molecule has 0 aromatic carbocycles. The largest absolute Gasteiger partial charge is 0.465 e. The van der Waals surface area contributed by atoms with Gasteiger partial charge in [-0.3, -0.25) is 4.79 Å². The molecule has 1 saturated heterocycles. The smallest absolute Gasteiger partial charge is 0.265 e. The fraction of sp³-hybridized carbons (Fsp3) is 0.429. The average Bonchev–Trinajstić information content (AvgIpc) is 3.50. The van der Waals surface area contributed by atoms with Gasteiger partial charge in [0.15, 0.2) is 0 Å². The maximum atomic E-state index is 12.9. The van der Waals surface area contributed by atoms with Gasteiger partial charge in [0, 0.05) is 25.8 Å². The lowest BCUT2D eigenvalue weighted by molar-refractivity contribution is 0.0796. The first kappa shape index (κ1) is 21.8. The fourth-order valence-corrected chi connectivity index (χ4v) is 6.11. The molecule has 1 fully saturated rings. The van der Waals surface area contributed by atoms with E-state index in [1.807, 2.05) is 18.7 Å². The number of hydrogen-bond donors (Lipinski definition) is 1. The minimum atomic E-state index is -3.75. The number of nitrogens with one attached hydrogen (secondary N) is 1. The molecular formula is C21H26N4O4S2. The van der Waals surface area contributed by atoms with E-state index in [0.717, 1.165) is 31.7 Å². The number of thiazole rings is 1. The molecule has 0 saturated carbocycles. The molecule has 1 aliphatic rings. The van der Waals surface area contributed by atoms with Gasteiger partial charge in [0.2, 0.25) is 10.0 Å². The monoisotopic (exact) mass is 462 g/mol. The molecule has 1 amide bonds. The number of amides is 1. The number of carbonyl (C=O) groups is 1. The van der Waals surface area contributed by atoms with Gasteiger partial charge >= 0.3 is 0 Å². The molecule has 8 nitrogen and oxygen atoms in total. The molecule has 3 aromatic rings. The fourth-order valence-electron chi connectivity index (χ4n) is 3.74. The summed E-state index contributed by atoms with van der Waals surface area (Å²) in [5, 5.41) is 0.633. The number of furan rings is 1. The SMILES string of the molecule is Cc1ccc(CNS(=O)(=O)c2cc(-c3nc(C)c(C(=O)N4CCCC4)s3)n(C)c2C)o1. The summed E-state index contributed by atoms with van der Waals surface area (Å²) in [7, 11) is -1.95. The third-order valence-corrected chi connectivity index (χ3v) is 8.30. The van der Waals surface area contributed by atoms with Gasteiger partial charge in [-0.25, -0.2) is 18.1 Å². The van der Waals surface area contributed by atoms with Crippen molar-refractivity contribution in [1.29, 1.82) is 0 Å². The average molecular weight is 463 g/mol. The minimum Gasteiger partial charge on any atom is -0.465 e. The van der Waals surface area contributed by atoms with Crippen LogP contribution in [0.1, 0.15) is 45.4 Å². The first-order valence-corrected chi connectivity index (χ1v) is 12.5. The molecule has 1 aliphatic heterocycles. The summed E-state index contributed by atoms with van der Waals surface area (Å²) in [6.45, 7) is 7.01. The molecule has 4 rings (SSSR count). The Kier molecular flexibility index (Phi) is 5.80. The molecule has 0 unspecified atom stereocenters. The van der Waals surface area contributed by atoms with Gasteiger partial charge in [0.05, 0.1) is 17.9 Å². The second-order valence-corrected chi connectivity index (χ2v) is 10.5. The highest BCUT2D eigenvalue weighted by atomic mass is 32.2. The maximum Gasteiger partial charge on any atom is 0.265 e. The summed E-state index contributed by atoms with van der Waals surface area (Å²) >= 11 is 1.31. The van der Waals surface area contributed by atoms with Crippen molar-refractivity contribution < 1.29 is 17.6 Å². The number of likely N-dealkylation sites (tertiary alicyclic amines) is 1. The van der Waals surface area contributed by atoms with Crippen LogP contribution in [0.15, 0.2) is 27.5 Å². The van der Waals surface area contributed by atoms with E-state index in [1.54, 1.807) is 36.7 Å². The number of sulfonamides is 1. The first-order chi connectivity index (χ1) is 14.7. The van der Waals surface area contributed by atoms with Crippen LogP contribution < -0.4 is 4.72 Å². The van der Waals surface area contributed by atoms with Crippen molar-refractivity contribution in [1.82, 2.24) is 19.2 Å². The van der Waals surface area contributed by atoms with E-state index in [1.165, 1.54) is 11.3 Å². The highest BCUT2D eigenvalue weighted by molar-refractivity contribution is 7.89. The van der Waals surface area contributed by atoms with Gasteiger partial charge in [-0.15, -0.1) is 11.3 Å². The number of carbonyl (C=O) groups excluding carboxylic acids is 1. The first-order valence-electron chi connectivity index (χ1n) is 10.2. The number of nitrogens with zero attached hydrogens (tertiary/aromatic N) is 3. The van der Waals surface area contributed by atoms with Crippen LogP contribution in [0, 0.1) is 20.8 Å². The molecule has 3 aromatic heterocycles. The Morgan fingerprint density at radius 3 is 2.58 bits per heavy atom. The summed E-state index contributed by atoms with van der Waals surface area (Å²) in [5.41, 5.74) is 1.94. The van der Waals surface area contributed by atoms with Crippen molar-refractivity contribution >= 4 is 27.3 Å². The van der Waals surface area contributed by atoms with E-state index in [4.69, 9.17) is 4.42 Å². The van der Waals surface area contributed by atoms with Crippen LogP contribution in [0.25, 0.3) is 10.7 Å². The summed E-state index contributed by atoms with van der Waals surface area (Å²) in [6, 6.07) is 5.16. The predicted molar refractivity (Wildman–Crippen MR) is 119 cm³/mol. The van der Waals surface area contributed by atoms with Crippen LogP contribution in [0.2, 0.25) is 0 Å². The molecule has 10 heteroatoms. The van der Waals surface area contributed by atoms with Crippen molar-refractivity contribution in [3.63, 3.8) is 0 Å². The van der Waals surface area contributed by atoms with Crippen molar-refractivity contribution in [2.75, 3.05) is 13.1 Å². The van der Waals surface area contributed by atoms with Gasteiger partial charge in [0.1, 0.15) is 26.3 Å². The molecule has 166 valence electrons. The zero-order chi connectivity index (χ0) is 22.3. The van der Waals surface area contributed by atoms with Crippen LogP contribution in [-0.4, -0.2) is 41.9 Å². The molecule has 1 N–H and O–H groups in total. The van der Waals surface area contributed by atoms with Crippen molar-refractivity contribution in [2.45, 2.75) is 45.1 Å². The van der Waals surface area contributed by atoms with Gasteiger partial charge in [-0.2, -0.15) is 0 Å². The highest BCUT2D eigenvalue weighted by Gasteiger charge is 2.27. The number of aromatic nitrogens is 2. The lowest BCUT2D eigenvalue weighted by Gasteiger charge is -2.13. The van der Waals surface area contributed by atoms with E-state index in [0.29, 0.717) is 32.7 Å². The number of hydrogen-bond acceptors (Lipinski definition) is 6. The van der Waals surface area contributed by atoms with Crippen LogP contribution in [0.5, 0.6) is 0 Å². The van der Waals surface area contributed by atoms with E-state index < -0.39 is 10.0 Å². The molecule has 0 spiro atoms. The molecular weight excluding hydrogens is 436 g/mol. The maximum absolute atomic E-state index is 12.9. The molecule has 0 radical (unpaired) electrons. The van der Waals surface area contributed by atoms with E-state index >= 15 is 0 Å². The third kappa shape index (κ3) is 4.19. The highest BCUT2D eigenvalue weighted by Crippen LogP contribution is 2.33. The molecule has 31 heavy (non-hydrogen) atoms. The van der Waals surface area contributed by atoms with E-state index in [9.17, 15) is 13.2 Å². The Hall–Kier alpha value is -2.43. The number of aryl methyl sites for hydroxylation is 2. The van der Waals surface area contributed by atoms with Crippen LogP contribution in [0.3, 0.4) is 0 Å². The zero-order valence-corrected chi connectivity index (χ0v) is 19.7. The van der Waals surface area contributed by atoms with E-state index in [-0.39, 0.29) is 17.3 Å². The standard InChI is InChI=1S/C21H26N4O4S2/c1-13-7-8-16(29-13)12-22-31(27,28)18-11-17(24(4)15(18)3)20-23-14(2)19(30-20)21(26)25-9-5-6-10-25/h7-8,11,22H,5-6,9-10,12H2,1-4H3. The quantitative estimate of drug-likeness (QED) is 0.606. The Morgan fingerprint density at radius 2 is 1.94 bits per heavy atom. The van der Waals surface area contributed by atoms with E-state index in [2.05, 4.69) is 9.71 Å². The lowest BCUT2D eigenvalue weighted by Crippen LogP contribution is -2.27. The van der Waals surface area contributed by atoms with Crippen molar-refractivity contribution in [3.05, 3.63) is 46.0 Å². The topological polar surface area (TPSA) is 97.4 Å². The molecule has 0 atom stereocenters. The van der Waals surface area contributed by atoms with Crippen LogP contribution in [0.4, 0.5) is 0 Å². The Labute approximate surface area is 185 Å².